The van der Waals surface area contributed by atoms with Gasteiger partial charge in [0.25, 0.3) is 0 Å². The fourth-order valence-electron chi connectivity index (χ4n) is 2.26. The number of hydrogen-bond donors (Lipinski definition) is 2. The molecule has 1 aromatic carbocycles. The van der Waals surface area contributed by atoms with Gasteiger partial charge in [-0.1, -0.05) is 30.3 Å². The molecule has 104 valence electrons. The molecule has 2 aromatic rings. The van der Waals surface area contributed by atoms with E-state index in [4.69, 9.17) is 4.98 Å². The van der Waals surface area contributed by atoms with Crippen molar-refractivity contribution >= 4 is 11.6 Å². The van der Waals surface area contributed by atoms with Crippen LogP contribution in [0.5, 0.6) is 0 Å². The Balaban J connectivity index is 1.82. The highest BCUT2D eigenvalue weighted by atomic mass is 15.1. The van der Waals surface area contributed by atoms with Crippen molar-refractivity contribution in [1.82, 2.24) is 9.97 Å². The highest BCUT2D eigenvalue weighted by molar-refractivity contribution is 5.57. The summed E-state index contributed by atoms with van der Waals surface area (Å²) in [6.07, 6.45) is 2.43. The van der Waals surface area contributed by atoms with E-state index in [1.165, 1.54) is 18.4 Å². The lowest BCUT2D eigenvalue weighted by Gasteiger charge is -2.13. The van der Waals surface area contributed by atoms with Gasteiger partial charge in [-0.15, -0.1) is 0 Å². The van der Waals surface area contributed by atoms with Gasteiger partial charge in [0.15, 0.2) is 0 Å². The van der Waals surface area contributed by atoms with E-state index in [1.807, 2.05) is 13.1 Å². The molecule has 1 saturated carbocycles. The second-order valence-electron chi connectivity index (χ2n) is 5.27. The second kappa shape index (κ2) is 5.49. The van der Waals surface area contributed by atoms with Crippen molar-refractivity contribution in [2.45, 2.75) is 32.2 Å². The van der Waals surface area contributed by atoms with Crippen molar-refractivity contribution < 1.29 is 0 Å². The van der Waals surface area contributed by atoms with Crippen LogP contribution >= 0.6 is 0 Å². The van der Waals surface area contributed by atoms with Crippen molar-refractivity contribution in [3.05, 3.63) is 47.3 Å². The standard InChI is InChI=1S/C16H20N4/c1-11-14(17-2)19-16(13-8-9-13)20-15(11)18-10-12-6-4-3-5-7-12/h3-7,13H,8-10H2,1-2H3,(H2,17,18,19,20). The molecule has 0 spiro atoms. The molecule has 1 aliphatic carbocycles. The molecule has 1 heterocycles. The number of nitrogens with one attached hydrogen (secondary N) is 2. The van der Waals surface area contributed by atoms with Crippen LogP contribution < -0.4 is 10.6 Å². The summed E-state index contributed by atoms with van der Waals surface area (Å²) in [5, 5.41) is 6.60. The minimum atomic E-state index is 0.556. The van der Waals surface area contributed by atoms with E-state index in [-0.39, 0.29) is 0 Å². The number of anilines is 2. The molecule has 0 atom stereocenters. The minimum absolute atomic E-state index is 0.556. The Morgan fingerprint density at radius 1 is 1.10 bits per heavy atom. The first kappa shape index (κ1) is 12.9. The first-order chi connectivity index (χ1) is 9.78. The van der Waals surface area contributed by atoms with Crippen LogP contribution in [0.4, 0.5) is 11.6 Å². The molecule has 1 aliphatic rings. The van der Waals surface area contributed by atoms with Crippen LogP contribution in [0.25, 0.3) is 0 Å². The first-order valence-electron chi connectivity index (χ1n) is 7.12. The summed E-state index contributed by atoms with van der Waals surface area (Å²) in [6, 6.07) is 10.4. The van der Waals surface area contributed by atoms with Crippen LogP contribution in [-0.4, -0.2) is 17.0 Å². The molecule has 0 amide bonds. The highest BCUT2D eigenvalue weighted by Gasteiger charge is 2.28. The van der Waals surface area contributed by atoms with Gasteiger partial charge in [-0.05, 0) is 25.3 Å². The molecule has 0 unspecified atom stereocenters. The fraction of sp³-hybridized carbons (Fsp3) is 0.375. The lowest BCUT2D eigenvalue weighted by Crippen LogP contribution is -2.09. The highest BCUT2D eigenvalue weighted by Crippen LogP contribution is 2.39. The summed E-state index contributed by atoms with van der Waals surface area (Å²) < 4.78 is 0. The van der Waals surface area contributed by atoms with Crippen LogP contribution in [0, 0.1) is 6.92 Å². The molecule has 2 N–H and O–H groups in total. The molecule has 3 rings (SSSR count). The van der Waals surface area contributed by atoms with Crippen molar-refractivity contribution in [3.8, 4) is 0 Å². The summed E-state index contributed by atoms with van der Waals surface area (Å²) in [5.41, 5.74) is 2.33. The van der Waals surface area contributed by atoms with Crippen LogP contribution in [0.2, 0.25) is 0 Å². The molecule has 4 heteroatoms. The molecule has 0 bridgehead atoms. The fourth-order valence-corrected chi connectivity index (χ4v) is 2.26. The van der Waals surface area contributed by atoms with Gasteiger partial charge in [0.1, 0.15) is 17.5 Å². The van der Waals surface area contributed by atoms with Gasteiger partial charge in [-0.3, -0.25) is 0 Å². The molecule has 0 aliphatic heterocycles. The van der Waals surface area contributed by atoms with Gasteiger partial charge in [0.05, 0.1) is 0 Å². The molecule has 20 heavy (non-hydrogen) atoms. The Morgan fingerprint density at radius 2 is 1.80 bits per heavy atom. The zero-order chi connectivity index (χ0) is 13.9. The van der Waals surface area contributed by atoms with Crippen molar-refractivity contribution in [2.75, 3.05) is 17.7 Å². The zero-order valence-electron chi connectivity index (χ0n) is 12.0. The van der Waals surface area contributed by atoms with E-state index in [0.717, 1.165) is 29.6 Å². The Hall–Kier alpha value is -2.10. The number of aromatic nitrogens is 2. The topological polar surface area (TPSA) is 49.8 Å². The van der Waals surface area contributed by atoms with E-state index < -0.39 is 0 Å². The monoisotopic (exact) mass is 268 g/mol. The van der Waals surface area contributed by atoms with Crippen LogP contribution in [0.1, 0.15) is 35.7 Å². The lowest BCUT2D eigenvalue weighted by atomic mass is 10.2. The molecule has 0 saturated heterocycles. The third-order valence-electron chi connectivity index (χ3n) is 3.65. The quantitative estimate of drug-likeness (QED) is 0.873. The van der Waals surface area contributed by atoms with Gasteiger partial charge < -0.3 is 10.6 Å². The van der Waals surface area contributed by atoms with E-state index >= 15 is 0 Å². The summed E-state index contributed by atoms with van der Waals surface area (Å²) in [7, 11) is 1.91. The predicted molar refractivity (Wildman–Crippen MR) is 82.1 cm³/mol. The summed E-state index contributed by atoms with van der Waals surface area (Å²) in [6.45, 7) is 2.84. The second-order valence-corrected chi connectivity index (χ2v) is 5.27. The van der Waals surface area contributed by atoms with Gasteiger partial charge in [0.2, 0.25) is 0 Å². The maximum absolute atomic E-state index is 4.70. The van der Waals surface area contributed by atoms with Crippen LogP contribution in [0.3, 0.4) is 0 Å². The molecular weight excluding hydrogens is 248 g/mol. The smallest absolute Gasteiger partial charge is 0.136 e. The third kappa shape index (κ3) is 2.74. The average molecular weight is 268 g/mol. The van der Waals surface area contributed by atoms with Gasteiger partial charge >= 0.3 is 0 Å². The summed E-state index contributed by atoms with van der Waals surface area (Å²) in [4.78, 5) is 9.30. The predicted octanol–water partition coefficient (Wildman–Crippen LogP) is 3.32. The van der Waals surface area contributed by atoms with Gasteiger partial charge in [0, 0.05) is 25.1 Å². The average Bonchev–Trinajstić information content (AvgIpc) is 3.32. The zero-order valence-corrected chi connectivity index (χ0v) is 12.0. The lowest BCUT2D eigenvalue weighted by molar-refractivity contribution is 0.913. The Morgan fingerprint density at radius 3 is 2.45 bits per heavy atom. The molecule has 1 aromatic heterocycles. The van der Waals surface area contributed by atoms with Crippen molar-refractivity contribution in [2.24, 2.45) is 0 Å². The van der Waals surface area contributed by atoms with E-state index in [0.29, 0.717) is 5.92 Å². The van der Waals surface area contributed by atoms with Crippen LogP contribution in [0.15, 0.2) is 30.3 Å². The van der Waals surface area contributed by atoms with E-state index in [1.54, 1.807) is 0 Å². The first-order valence-corrected chi connectivity index (χ1v) is 7.12. The molecule has 1 fully saturated rings. The molecule has 4 nitrogen and oxygen atoms in total. The maximum Gasteiger partial charge on any atom is 0.136 e. The summed E-state index contributed by atoms with van der Waals surface area (Å²) in [5.74, 6) is 3.39. The number of benzene rings is 1. The van der Waals surface area contributed by atoms with Crippen molar-refractivity contribution in [3.63, 3.8) is 0 Å². The Labute approximate surface area is 119 Å². The number of nitrogens with zero attached hydrogens (tertiary/aromatic N) is 2. The number of rotatable bonds is 5. The minimum Gasteiger partial charge on any atom is -0.373 e. The largest absolute Gasteiger partial charge is 0.373 e. The maximum atomic E-state index is 4.70. The van der Waals surface area contributed by atoms with Crippen molar-refractivity contribution in [1.29, 1.82) is 0 Å². The molecule has 0 radical (unpaired) electrons. The Bertz CT molecular complexity index is 591. The molecular formula is C16H20N4. The van der Waals surface area contributed by atoms with E-state index in [2.05, 4.69) is 46.8 Å². The van der Waals surface area contributed by atoms with Gasteiger partial charge in [-0.2, -0.15) is 0 Å². The normalized spacial score (nSPS) is 14.1. The number of hydrogen-bond acceptors (Lipinski definition) is 4. The third-order valence-corrected chi connectivity index (χ3v) is 3.65. The van der Waals surface area contributed by atoms with E-state index in [9.17, 15) is 0 Å². The summed E-state index contributed by atoms with van der Waals surface area (Å²) >= 11 is 0. The van der Waals surface area contributed by atoms with Crippen LogP contribution in [-0.2, 0) is 6.54 Å². The SMILES string of the molecule is CNc1nc(C2CC2)nc(NCc2ccccc2)c1C. The Kier molecular flexibility index (Phi) is 3.54. The van der Waals surface area contributed by atoms with Gasteiger partial charge in [-0.25, -0.2) is 9.97 Å².